The minimum Gasteiger partial charge on any atom is -0.481 e. The van der Waals surface area contributed by atoms with Crippen molar-refractivity contribution in [3.63, 3.8) is 0 Å². The number of primary amides is 1. The second-order valence-electron chi connectivity index (χ2n) is 6.02. The minimum atomic E-state index is -0.728. The second kappa shape index (κ2) is 10.1. The van der Waals surface area contributed by atoms with Gasteiger partial charge in [0.05, 0.1) is 5.56 Å². The van der Waals surface area contributed by atoms with E-state index in [2.05, 4.69) is 5.32 Å². The van der Waals surface area contributed by atoms with Crippen LogP contribution in [0.2, 0.25) is 0 Å². The zero-order valence-electron chi connectivity index (χ0n) is 16.0. The molecule has 0 aliphatic carbocycles. The van der Waals surface area contributed by atoms with Crippen LogP contribution in [-0.4, -0.2) is 31.0 Å². The Morgan fingerprint density at radius 2 is 1.57 bits per heavy atom. The van der Waals surface area contributed by atoms with E-state index in [1.807, 2.05) is 32.0 Å². The van der Waals surface area contributed by atoms with Gasteiger partial charge in [-0.2, -0.15) is 0 Å². The van der Waals surface area contributed by atoms with Gasteiger partial charge in [-0.15, -0.1) is 0 Å². The van der Waals surface area contributed by atoms with Crippen LogP contribution in [0, 0.1) is 0 Å². The molecule has 0 aliphatic heterocycles. The molecule has 0 bridgehead atoms. The molecule has 2 aromatic carbocycles. The van der Waals surface area contributed by atoms with Gasteiger partial charge in [-0.3, -0.25) is 9.59 Å². The van der Waals surface area contributed by atoms with Crippen LogP contribution in [0.4, 0.5) is 5.69 Å². The average molecular weight is 384 g/mol. The Bertz CT molecular complexity index is 841. The average Bonchev–Trinajstić information content (AvgIpc) is 2.70. The Kier molecular flexibility index (Phi) is 7.56. The molecule has 0 heterocycles. The summed E-state index contributed by atoms with van der Waals surface area (Å²) in [7, 11) is 0. The van der Waals surface area contributed by atoms with E-state index >= 15 is 0 Å². The number of ether oxygens (including phenoxy) is 2. The maximum absolute atomic E-state index is 12.2. The predicted octanol–water partition coefficient (Wildman–Crippen LogP) is 2.47. The van der Waals surface area contributed by atoms with Crippen molar-refractivity contribution >= 4 is 23.5 Å². The first kappa shape index (κ1) is 21.0. The summed E-state index contributed by atoms with van der Waals surface area (Å²) in [6, 6.07) is 12.1. The fourth-order valence-electron chi connectivity index (χ4n) is 2.70. The topological polar surface area (TPSA) is 108 Å². The fourth-order valence-corrected chi connectivity index (χ4v) is 2.70. The number of rotatable bonds is 9. The molecule has 0 fully saturated rings. The highest BCUT2D eigenvalue weighted by Gasteiger charge is 2.14. The number of hydrogen-bond acceptors (Lipinski definition) is 5. The van der Waals surface area contributed by atoms with E-state index in [1.54, 1.807) is 12.1 Å². The molecule has 0 spiro atoms. The molecular formula is C21H24N2O5. The highest BCUT2D eigenvalue weighted by atomic mass is 16.6. The monoisotopic (exact) mass is 384 g/mol. The number of carbonyl (C=O) groups is 3. The second-order valence-corrected chi connectivity index (χ2v) is 6.02. The van der Waals surface area contributed by atoms with Crippen molar-refractivity contribution in [3.8, 4) is 5.75 Å². The fraction of sp³-hybridized carbons (Fsp3) is 0.286. The van der Waals surface area contributed by atoms with Crippen molar-refractivity contribution in [1.29, 1.82) is 0 Å². The van der Waals surface area contributed by atoms with Gasteiger partial charge in [0.1, 0.15) is 5.75 Å². The summed E-state index contributed by atoms with van der Waals surface area (Å²) in [5.74, 6) is -1.64. The summed E-state index contributed by atoms with van der Waals surface area (Å²) in [5, 5.41) is 2.82. The van der Waals surface area contributed by atoms with Crippen LogP contribution in [0.5, 0.6) is 5.75 Å². The number of nitrogens with two attached hydrogens (primary N) is 1. The molecule has 0 atom stereocenters. The van der Waals surface area contributed by atoms with Gasteiger partial charge in [-0.1, -0.05) is 44.2 Å². The molecule has 0 saturated heterocycles. The van der Waals surface area contributed by atoms with Gasteiger partial charge in [0.15, 0.2) is 13.2 Å². The molecule has 0 radical (unpaired) electrons. The van der Waals surface area contributed by atoms with Gasteiger partial charge >= 0.3 is 5.97 Å². The van der Waals surface area contributed by atoms with Gasteiger partial charge in [0.2, 0.25) is 0 Å². The molecule has 28 heavy (non-hydrogen) atoms. The zero-order chi connectivity index (χ0) is 20.5. The number of nitrogens with one attached hydrogen (secondary N) is 1. The molecule has 148 valence electrons. The van der Waals surface area contributed by atoms with Crippen LogP contribution < -0.4 is 15.8 Å². The normalized spacial score (nSPS) is 10.2. The highest BCUT2D eigenvalue weighted by molar-refractivity contribution is 5.96. The third-order valence-corrected chi connectivity index (χ3v) is 4.13. The molecule has 2 rings (SSSR count). The molecule has 2 aromatic rings. The summed E-state index contributed by atoms with van der Waals surface area (Å²) in [4.78, 5) is 35.4. The first-order valence-corrected chi connectivity index (χ1v) is 9.04. The number of amides is 2. The van der Waals surface area contributed by atoms with E-state index in [4.69, 9.17) is 15.2 Å². The van der Waals surface area contributed by atoms with Gasteiger partial charge < -0.3 is 20.5 Å². The van der Waals surface area contributed by atoms with Gasteiger partial charge in [-0.25, -0.2) is 4.79 Å². The van der Waals surface area contributed by atoms with E-state index in [9.17, 15) is 14.4 Å². The van der Waals surface area contributed by atoms with Crippen LogP contribution in [0.1, 0.15) is 35.3 Å². The van der Waals surface area contributed by atoms with Crippen molar-refractivity contribution in [2.24, 2.45) is 5.73 Å². The number of benzene rings is 2. The number of aryl methyl sites for hydroxylation is 2. The summed E-state index contributed by atoms with van der Waals surface area (Å²) < 4.78 is 10.2. The number of carbonyl (C=O) groups excluding carboxylic acids is 3. The quantitative estimate of drug-likeness (QED) is 0.646. The molecule has 7 heteroatoms. The highest BCUT2D eigenvalue weighted by Crippen LogP contribution is 2.22. The van der Waals surface area contributed by atoms with E-state index in [-0.39, 0.29) is 11.3 Å². The zero-order valence-corrected chi connectivity index (χ0v) is 16.0. The largest absolute Gasteiger partial charge is 0.481 e. The van der Waals surface area contributed by atoms with E-state index < -0.39 is 31.0 Å². The Labute approximate surface area is 163 Å². The van der Waals surface area contributed by atoms with E-state index in [0.717, 1.165) is 29.7 Å². The van der Waals surface area contributed by atoms with Crippen molar-refractivity contribution in [3.05, 3.63) is 59.2 Å². The lowest BCUT2D eigenvalue weighted by Gasteiger charge is -2.14. The van der Waals surface area contributed by atoms with Crippen LogP contribution in [-0.2, 0) is 27.2 Å². The van der Waals surface area contributed by atoms with Crippen molar-refractivity contribution in [2.45, 2.75) is 26.7 Å². The molecule has 7 nitrogen and oxygen atoms in total. The third kappa shape index (κ3) is 5.57. The predicted molar refractivity (Wildman–Crippen MR) is 105 cm³/mol. The summed E-state index contributed by atoms with van der Waals surface area (Å²) in [6.45, 7) is 3.14. The molecule has 0 saturated carbocycles. The molecule has 0 aromatic heterocycles. The molecule has 2 amide bonds. The number of para-hydroxylation sites is 2. The molecule has 0 unspecified atom stereocenters. The van der Waals surface area contributed by atoms with Crippen molar-refractivity contribution in [1.82, 2.24) is 0 Å². The van der Waals surface area contributed by atoms with Gasteiger partial charge in [0.25, 0.3) is 11.8 Å². The maximum atomic E-state index is 12.2. The lowest BCUT2D eigenvalue weighted by molar-refractivity contribution is -0.149. The maximum Gasteiger partial charge on any atom is 0.344 e. The minimum absolute atomic E-state index is 0.163. The van der Waals surface area contributed by atoms with Crippen LogP contribution in [0.15, 0.2) is 42.5 Å². The number of hydrogen-bond donors (Lipinski definition) is 2. The van der Waals surface area contributed by atoms with Crippen LogP contribution >= 0.6 is 0 Å². The SMILES string of the molecule is CCc1cccc(CC)c1NC(=O)COC(=O)COc1ccccc1C(N)=O. The summed E-state index contributed by atoms with van der Waals surface area (Å²) in [5.41, 5.74) is 8.22. The molecule has 0 aliphatic rings. The first-order chi connectivity index (χ1) is 13.5. The Balaban J connectivity index is 1.88. The summed E-state index contributed by atoms with van der Waals surface area (Å²) >= 11 is 0. The lowest BCUT2D eigenvalue weighted by atomic mass is 10.0. The van der Waals surface area contributed by atoms with Crippen LogP contribution in [0.3, 0.4) is 0 Å². The van der Waals surface area contributed by atoms with Gasteiger partial charge in [-0.05, 0) is 36.1 Å². The number of anilines is 1. The van der Waals surface area contributed by atoms with Crippen molar-refractivity contribution < 1.29 is 23.9 Å². The van der Waals surface area contributed by atoms with Gasteiger partial charge in [0, 0.05) is 5.69 Å². The van der Waals surface area contributed by atoms with Crippen molar-refractivity contribution in [2.75, 3.05) is 18.5 Å². The first-order valence-electron chi connectivity index (χ1n) is 9.04. The molecular weight excluding hydrogens is 360 g/mol. The summed E-state index contributed by atoms with van der Waals surface area (Å²) in [6.07, 6.45) is 1.55. The third-order valence-electron chi connectivity index (χ3n) is 4.13. The van der Waals surface area contributed by atoms with Crippen LogP contribution in [0.25, 0.3) is 0 Å². The smallest absolute Gasteiger partial charge is 0.344 e. The number of esters is 1. The Hall–Kier alpha value is -3.35. The molecule has 3 N–H and O–H groups in total. The van der Waals surface area contributed by atoms with E-state index in [1.165, 1.54) is 12.1 Å². The lowest BCUT2D eigenvalue weighted by Crippen LogP contribution is -2.25. The Morgan fingerprint density at radius 3 is 2.18 bits per heavy atom. The standard InChI is InChI=1S/C21H24N2O5/c1-3-14-8-7-9-15(4-2)20(14)23-18(24)12-28-19(25)13-27-17-11-6-5-10-16(17)21(22)26/h5-11H,3-4,12-13H2,1-2H3,(H2,22,26)(H,23,24). The Morgan fingerprint density at radius 1 is 0.929 bits per heavy atom. The van der Waals surface area contributed by atoms with E-state index in [0.29, 0.717) is 0 Å².